The van der Waals surface area contributed by atoms with E-state index in [1.807, 2.05) is 12.1 Å². The third-order valence-corrected chi connectivity index (χ3v) is 6.13. The second-order valence-corrected chi connectivity index (χ2v) is 8.58. The highest BCUT2D eigenvalue weighted by Crippen LogP contribution is 2.37. The Labute approximate surface area is 158 Å². The van der Waals surface area contributed by atoms with Crippen LogP contribution in [0.15, 0.2) is 18.2 Å². The van der Waals surface area contributed by atoms with Gasteiger partial charge in [0.05, 0.1) is 31.0 Å². The quantitative estimate of drug-likeness (QED) is 0.582. The molecule has 1 aromatic rings. The van der Waals surface area contributed by atoms with Crippen LogP contribution in [0.5, 0.6) is 5.75 Å². The predicted molar refractivity (Wildman–Crippen MR) is 105 cm³/mol. The van der Waals surface area contributed by atoms with E-state index in [1.54, 1.807) is 7.11 Å². The van der Waals surface area contributed by atoms with Crippen LogP contribution in [0, 0.1) is 0 Å². The first-order valence-corrected chi connectivity index (χ1v) is 9.96. The summed E-state index contributed by atoms with van der Waals surface area (Å²) in [4.78, 5) is 0. The second kappa shape index (κ2) is 7.91. The molecular weight excluding hydrogens is 327 g/mol. The van der Waals surface area contributed by atoms with Gasteiger partial charge in [-0.3, -0.25) is 0 Å². The van der Waals surface area contributed by atoms with Crippen molar-refractivity contribution in [2.45, 2.75) is 90.1 Å². The summed E-state index contributed by atoms with van der Waals surface area (Å²) in [5.74, 6) is 0.838. The van der Waals surface area contributed by atoms with Crippen molar-refractivity contribution in [2.75, 3.05) is 7.11 Å². The highest BCUT2D eigenvalue weighted by molar-refractivity contribution is 6.62. The van der Waals surface area contributed by atoms with Gasteiger partial charge < -0.3 is 18.8 Å². The number of hydrogen-bond acceptors (Lipinski definition) is 4. The highest BCUT2D eigenvalue weighted by atomic mass is 16.7. The van der Waals surface area contributed by atoms with Crippen molar-refractivity contribution in [3.05, 3.63) is 23.8 Å². The monoisotopic (exact) mass is 360 g/mol. The van der Waals surface area contributed by atoms with Gasteiger partial charge in [0.15, 0.2) is 0 Å². The first-order valence-electron chi connectivity index (χ1n) is 9.96. The lowest BCUT2D eigenvalue weighted by Crippen LogP contribution is -2.41. The lowest BCUT2D eigenvalue weighted by Gasteiger charge is -2.32. The van der Waals surface area contributed by atoms with E-state index >= 15 is 0 Å². The van der Waals surface area contributed by atoms with E-state index < -0.39 is 0 Å². The van der Waals surface area contributed by atoms with Gasteiger partial charge in [-0.15, -0.1) is 0 Å². The minimum Gasteiger partial charge on any atom is -0.497 e. The molecule has 0 N–H and O–H groups in total. The fourth-order valence-electron chi connectivity index (χ4n) is 3.65. The van der Waals surface area contributed by atoms with Gasteiger partial charge in [0.25, 0.3) is 0 Å². The summed E-state index contributed by atoms with van der Waals surface area (Å²) >= 11 is 0. The van der Waals surface area contributed by atoms with Crippen LogP contribution in [0.1, 0.15) is 71.8 Å². The van der Waals surface area contributed by atoms with Crippen LogP contribution in [0.25, 0.3) is 0 Å². The van der Waals surface area contributed by atoms with E-state index in [4.69, 9.17) is 18.8 Å². The average molecular weight is 360 g/mol. The van der Waals surface area contributed by atoms with Gasteiger partial charge in [0, 0.05) is 0 Å². The zero-order chi connectivity index (χ0) is 18.8. The lowest BCUT2D eigenvalue weighted by molar-refractivity contribution is 0.00578. The molecule has 2 aliphatic rings. The van der Waals surface area contributed by atoms with Crippen molar-refractivity contribution in [1.29, 1.82) is 0 Å². The topological polar surface area (TPSA) is 36.9 Å². The summed E-state index contributed by atoms with van der Waals surface area (Å²) in [5, 5.41) is 0. The molecule has 0 amide bonds. The highest BCUT2D eigenvalue weighted by Gasteiger charge is 2.52. The van der Waals surface area contributed by atoms with Gasteiger partial charge in [0.2, 0.25) is 0 Å². The smallest absolute Gasteiger partial charge is 0.495 e. The Balaban J connectivity index is 1.77. The molecule has 3 rings (SSSR count). The Kier molecular flexibility index (Phi) is 6.00. The molecule has 1 saturated heterocycles. The molecule has 0 aromatic heterocycles. The van der Waals surface area contributed by atoms with Crippen LogP contribution >= 0.6 is 0 Å². The average Bonchev–Trinajstić information content (AvgIpc) is 2.78. The number of benzene rings is 1. The van der Waals surface area contributed by atoms with Crippen molar-refractivity contribution in [2.24, 2.45) is 0 Å². The number of ether oxygens (including phenoxy) is 2. The standard InChI is InChI=1S/C21H33BO4/c1-20(2)21(3,4)26-22(25-20)19-13-12-18(23-5)14-16(19)15-24-17-10-8-6-7-9-11-17/h12-14,17H,6-11,15H2,1-5H3. The summed E-state index contributed by atoms with van der Waals surface area (Å²) in [5.41, 5.74) is 1.43. The SMILES string of the molecule is COc1ccc(B2OC(C)(C)C(C)(C)O2)c(COC2CCCCCC2)c1. The van der Waals surface area contributed by atoms with Crippen LogP contribution in [0.4, 0.5) is 0 Å². The first-order chi connectivity index (χ1) is 12.3. The van der Waals surface area contributed by atoms with E-state index in [0.717, 1.165) is 29.6 Å². The molecule has 26 heavy (non-hydrogen) atoms. The molecule has 5 heteroatoms. The second-order valence-electron chi connectivity index (χ2n) is 8.58. The Morgan fingerprint density at radius 1 is 1.00 bits per heavy atom. The summed E-state index contributed by atoms with van der Waals surface area (Å²) in [7, 11) is 1.32. The molecule has 0 bridgehead atoms. The Bertz CT molecular complexity index is 590. The Morgan fingerprint density at radius 2 is 1.62 bits per heavy atom. The van der Waals surface area contributed by atoms with Gasteiger partial charge in [-0.25, -0.2) is 0 Å². The molecule has 144 valence electrons. The van der Waals surface area contributed by atoms with Crippen molar-refractivity contribution >= 4 is 12.6 Å². The van der Waals surface area contributed by atoms with Crippen molar-refractivity contribution in [3.8, 4) is 5.75 Å². The Hall–Kier alpha value is -1.04. The fourth-order valence-corrected chi connectivity index (χ4v) is 3.65. The Morgan fingerprint density at radius 3 is 2.19 bits per heavy atom. The zero-order valence-electron chi connectivity index (χ0n) is 17.0. The van der Waals surface area contributed by atoms with Crippen molar-refractivity contribution in [1.82, 2.24) is 0 Å². The molecule has 1 aliphatic heterocycles. The molecule has 1 heterocycles. The molecular formula is C21H33BO4. The molecule has 1 saturated carbocycles. The maximum Gasteiger partial charge on any atom is 0.495 e. The van der Waals surface area contributed by atoms with E-state index in [2.05, 4.69) is 33.8 Å². The van der Waals surface area contributed by atoms with E-state index in [1.165, 1.54) is 25.7 Å². The lowest BCUT2D eigenvalue weighted by atomic mass is 9.76. The van der Waals surface area contributed by atoms with Crippen LogP contribution in [0.2, 0.25) is 0 Å². The maximum absolute atomic E-state index is 6.29. The number of hydrogen-bond donors (Lipinski definition) is 0. The third-order valence-electron chi connectivity index (χ3n) is 6.13. The van der Waals surface area contributed by atoms with Crippen LogP contribution in [-0.2, 0) is 20.7 Å². The summed E-state index contributed by atoms with van der Waals surface area (Å²) in [6.45, 7) is 8.90. The largest absolute Gasteiger partial charge is 0.497 e. The number of methoxy groups -OCH3 is 1. The minimum absolute atomic E-state index is 0.350. The van der Waals surface area contributed by atoms with E-state index in [0.29, 0.717) is 12.7 Å². The number of rotatable bonds is 5. The zero-order valence-corrected chi connectivity index (χ0v) is 17.0. The van der Waals surface area contributed by atoms with Gasteiger partial charge in [-0.1, -0.05) is 31.7 Å². The van der Waals surface area contributed by atoms with Crippen molar-refractivity contribution in [3.63, 3.8) is 0 Å². The van der Waals surface area contributed by atoms with E-state index in [-0.39, 0.29) is 18.3 Å². The fraction of sp³-hybridized carbons (Fsp3) is 0.714. The summed E-state index contributed by atoms with van der Waals surface area (Å²) in [6, 6.07) is 6.07. The molecule has 1 aliphatic carbocycles. The molecule has 1 aromatic carbocycles. The van der Waals surface area contributed by atoms with Gasteiger partial charge in [-0.05, 0) is 63.7 Å². The van der Waals surface area contributed by atoms with Gasteiger partial charge in [0.1, 0.15) is 5.75 Å². The van der Waals surface area contributed by atoms with Crippen LogP contribution < -0.4 is 10.2 Å². The molecule has 0 radical (unpaired) electrons. The minimum atomic E-state index is -0.376. The maximum atomic E-state index is 6.29. The molecule has 0 atom stereocenters. The van der Waals surface area contributed by atoms with Gasteiger partial charge >= 0.3 is 7.12 Å². The van der Waals surface area contributed by atoms with E-state index in [9.17, 15) is 0 Å². The molecule has 0 unspecified atom stereocenters. The summed E-state index contributed by atoms with van der Waals surface area (Å²) < 4.78 is 24.2. The van der Waals surface area contributed by atoms with Crippen LogP contribution in [0.3, 0.4) is 0 Å². The summed E-state index contributed by atoms with van der Waals surface area (Å²) in [6.07, 6.45) is 7.89. The first kappa shape index (κ1) is 19.7. The molecule has 4 nitrogen and oxygen atoms in total. The molecule has 0 spiro atoms. The van der Waals surface area contributed by atoms with Gasteiger partial charge in [-0.2, -0.15) is 0 Å². The predicted octanol–water partition coefficient (Wildman–Crippen LogP) is 4.23. The normalized spacial score (nSPS) is 23.0. The van der Waals surface area contributed by atoms with Crippen molar-refractivity contribution < 1.29 is 18.8 Å². The molecule has 2 fully saturated rings. The van der Waals surface area contributed by atoms with Crippen LogP contribution in [-0.4, -0.2) is 31.5 Å². The third kappa shape index (κ3) is 4.27.